The first-order valence-electron chi connectivity index (χ1n) is 6.71. The molecule has 20 heavy (non-hydrogen) atoms. The molecule has 1 heterocycles. The lowest BCUT2D eigenvalue weighted by atomic mass is 9.91. The zero-order valence-corrected chi connectivity index (χ0v) is 14.1. The molecule has 0 spiro atoms. The smallest absolute Gasteiger partial charge is 0.244 e. The van der Waals surface area contributed by atoms with E-state index in [2.05, 4.69) is 26.2 Å². The fourth-order valence-corrected chi connectivity index (χ4v) is 4.55. The number of nitrogens with one attached hydrogen (secondary N) is 1. The number of aromatic nitrogens is 1. The normalized spacial score (nSPS) is 24.0. The predicted octanol–water partition coefficient (Wildman–Crippen LogP) is 2.00. The van der Waals surface area contributed by atoms with E-state index in [4.69, 9.17) is 0 Å². The second-order valence-electron chi connectivity index (χ2n) is 5.15. The summed E-state index contributed by atoms with van der Waals surface area (Å²) in [6.45, 7) is 0. The summed E-state index contributed by atoms with van der Waals surface area (Å²) in [6, 6.07) is 2.18. The van der Waals surface area contributed by atoms with Gasteiger partial charge in [0.25, 0.3) is 0 Å². The second-order valence-corrected chi connectivity index (χ2v) is 8.07. The summed E-state index contributed by atoms with van der Waals surface area (Å²) in [6.07, 6.45) is 6.79. The molecule has 1 aromatic heterocycles. The topological polar surface area (TPSA) is 62.3 Å². The average Bonchev–Trinajstić information content (AvgIpc) is 2.46. The maximum atomic E-state index is 12.6. The van der Waals surface area contributed by atoms with Crippen LogP contribution in [0.4, 0.5) is 0 Å². The van der Waals surface area contributed by atoms with Gasteiger partial charge in [0, 0.05) is 36.0 Å². The van der Waals surface area contributed by atoms with Crippen LogP contribution in [0.5, 0.6) is 0 Å². The number of rotatable bonds is 4. The maximum Gasteiger partial charge on any atom is 0.244 e. The third-order valence-corrected chi connectivity index (χ3v) is 6.28. The SMILES string of the molecule is CNC1CCC(N(C)S(=O)(=O)c2cncc(Br)c2)CC1. The Morgan fingerprint density at radius 2 is 1.95 bits per heavy atom. The van der Waals surface area contributed by atoms with Crippen molar-refractivity contribution in [2.24, 2.45) is 0 Å². The molecule has 2 rings (SSSR count). The number of halogens is 1. The molecule has 0 aliphatic heterocycles. The van der Waals surface area contributed by atoms with Gasteiger partial charge < -0.3 is 5.32 Å². The van der Waals surface area contributed by atoms with Crippen LogP contribution in [0.1, 0.15) is 25.7 Å². The van der Waals surface area contributed by atoms with Gasteiger partial charge in [0.1, 0.15) is 4.90 Å². The number of hydrogen-bond donors (Lipinski definition) is 1. The highest BCUT2D eigenvalue weighted by atomic mass is 79.9. The summed E-state index contributed by atoms with van der Waals surface area (Å²) in [4.78, 5) is 4.18. The fourth-order valence-electron chi connectivity index (χ4n) is 2.62. The standard InChI is InChI=1S/C13H20BrN3O2S/c1-15-11-3-5-12(6-4-11)17(2)20(18,19)13-7-10(14)8-16-9-13/h7-9,11-12,15H,3-6H2,1-2H3. The second kappa shape index (κ2) is 6.51. The quantitative estimate of drug-likeness (QED) is 0.890. The highest BCUT2D eigenvalue weighted by molar-refractivity contribution is 9.10. The van der Waals surface area contributed by atoms with Gasteiger partial charge in [-0.1, -0.05) is 0 Å². The molecule has 0 atom stereocenters. The van der Waals surface area contributed by atoms with Gasteiger partial charge >= 0.3 is 0 Å². The van der Waals surface area contributed by atoms with E-state index in [1.807, 2.05) is 7.05 Å². The first kappa shape index (κ1) is 15.9. The van der Waals surface area contributed by atoms with Crippen LogP contribution >= 0.6 is 15.9 Å². The van der Waals surface area contributed by atoms with Crippen molar-refractivity contribution >= 4 is 26.0 Å². The molecule has 0 saturated heterocycles. The highest BCUT2D eigenvalue weighted by Gasteiger charge is 2.31. The third kappa shape index (κ3) is 3.39. The number of nitrogens with zero attached hydrogens (tertiary/aromatic N) is 2. The van der Waals surface area contributed by atoms with Crippen LogP contribution in [0, 0.1) is 0 Å². The monoisotopic (exact) mass is 361 g/mol. The van der Waals surface area contributed by atoms with E-state index in [1.165, 1.54) is 10.5 Å². The summed E-state index contributed by atoms with van der Waals surface area (Å²) >= 11 is 3.26. The van der Waals surface area contributed by atoms with E-state index in [0.717, 1.165) is 25.7 Å². The molecular weight excluding hydrogens is 342 g/mol. The van der Waals surface area contributed by atoms with Crippen molar-refractivity contribution in [1.29, 1.82) is 0 Å². The van der Waals surface area contributed by atoms with Crippen molar-refractivity contribution in [1.82, 2.24) is 14.6 Å². The van der Waals surface area contributed by atoms with Gasteiger partial charge in [-0.05, 0) is 54.7 Å². The highest BCUT2D eigenvalue weighted by Crippen LogP contribution is 2.27. The van der Waals surface area contributed by atoms with Gasteiger partial charge in [0.15, 0.2) is 0 Å². The van der Waals surface area contributed by atoms with Gasteiger partial charge in [-0.3, -0.25) is 4.98 Å². The summed E-state index contributed by atoms with van der Waals surface area (Å²) in [5.74, 6) is 0. The number of pyridine rings is 1. The van der Waals surface area contributed by atoms with Crippen LogP contribution in [0.3, 0.4) is 0 Å². The Morgan fingerprint density at radius 3 is 2.50 bits per heavy atom. The zero-order chi connectivity index (χ0) is 14.8. The van der Waals surface area contributed by atoms with E-state index in [1.54, 1.807) is 19.3 Å². The predicted molar refractivity (Wildman–Crippen MR) is 82.0 cm³/mol. The molecule has 1 aliphatic carbocycles. The third-order valence-electron chi connectivity index (χ3n) is 3.98. The van der Waals surface area contributed by atoms with Gasteiger partial charge in [-0.2, -0.15) is 4.31 Å². The fraction of sp³-hybridized carbons (Fsp3) is 0.615. The largest absolute Gasteiger partial charge is 0.317 e. The minimum Gasteiger partial charge on any atom is -0.317 e. The lowest BCUT2D eigenvalue weighted by Gasteiger charge is -2.33. The molecule has 1 saturated carbocycles. The van der Waals surface area contributed by atoms with E-state index < -0.39 is 10.0 Å². The van der Waals surface area contributed by atoms with Crippen LogP contribution in [0.15, 0.2) is 27.8 Å². The molecular formula is C13H20BrN3O2S. The lowest BCUT2D eigenvalue weighted by Crippen LogP contribution is -2.42. The van der Waals surface area contributed by atoms with Crippen LogP contribution in [0.25, 0.3) is 0 Å². The number of hydrogen-bond acceptors (Lipinski definition) is 4. The molecule has 7 heteroatoms. The van der Waals surface area contributed by atoms with Gasteiger partial charge in [-0.15, -0.1) is 0 Å². The average molecular weight is 362 g/mol. The van der Waals surface area contributed by atoms with Gasteiger partial charge in [0.2, 0.25) is 10.0 Å². The molecule has 1 aromatic rings. The van der Waals surface area contributed by atoms with Gasteiger partial charge in [-0.25, -0.2) is 8.42 Å². The van der Waals surface area contributed by atoms with Crippen LogP contribution in [-0.2, 0) is 10.0 Å². The molecule has 1 aliphatic rings. The molecule has 0 bridgehead atoms. The number of sulfonamides is 1. The first-order chi connectivity index (χ1) is 9.45. The summed E-state index contributed by atoms with van der Waals surface area (Å²) < 4.78 is 27.3. The molecule has 0 unspecified atom stereocenters. The Morgan fingerprint density at radius 1 is 1.30 bits per heavy atom. The molecule has 1 N–H and O–H groups in total. The van der Waals surface area contributed by atoms with E-state index >= 15 is 0 Å². The molecule has 1 fully saturated rings. The van der Waals surface area contributed by atoms with Crippen molar-refractivity contribution in [3.8, 4) is 0 Å². The van der Waals surface area contributed by atoms with E-state index in [0.29, 0.717) is 10.5 Å². The van der Waals surface area contributed by atoms with E-state index in [9.17, 15) is 8.42 Å². The minimum atomic E-state index is -3.46. The molecule has 0 aromatic carbocycles. The Labute approximate surface area is 129 Å². The molecule has 0 radical (unpaired) electrons. The first-order valence-corrected chi connectivity index (χ1v) is 8.94. The molecule has 112 valence electrons. The minimum absolute atomic E-state index is 0.0728. The van der Waals surface area contributed by atoms with Crippen molar-refractivity contribution in [3.63, 3.8) is 0 Å². The van der Waals surface area contributed by atoms with Crippen LogP contribution in [-0.4, -0.2) is 43.9 Å². The van der Waals surface area contributed by atoms with E-state index in [-0.39, 0.29) is 10.9 Å². The van der Waals surface area contributed by atoms with Gasteiger partial charge in [0.05, 0.1) is 0 Å². The lowest BCUT2D eigenvalue weighted by molar-refractivity contribution is 0.255. The Balaban J connectivity index is 2.14. The van der Waals surface area contributed by atoms with Crippen LogP contribution in [0.2, 0.25) is 0 Å². The van der Waals surface area contributed by atoms with Crippen molar-refractivity contribution in [2.45, 2.75) is 42.7 Å². The van der Waals surface area contributed by atoms with Crippen molar-refractivity contribution in [3.05, 3.63) is 22.9 Å². The van der Waals surface area contributed by atoms with Crippen molar-refractivity contribution in [2.75, 3.05) is 14.1 Å². The summed E-state index contributed by atoms with van der Waals surface area (Å²) in [7, 11) is 0.159. The van der Waals surface area contributed by atoms with Crippen molar-refractivity contribution < 1.29 is 8.42 Å². The molecule has 5 nitrogen and oxygen atoms in total. The summed E-state index contributed by atoms with van der Waals surface area (Å²) in [5, 5.41) is 3.26. The Bertz CT molecular complexity index is 556. The molecule has 0 amide bonds. The maximum absolute atomic E-state index is 12.6. The Kier molecular flexibility index (Phi) is 5.17. The Hall–Kier alpha value is -0.500. The summed E-state index contributed by atoms with van der Waals surface area (Å²) in [5.41, 5.74) is 0. The zero-order valence-electron chi connectivity index (χ0n) is 11.7. The van der Waals surface area contributed by atoms with Crippen LogP contribution < -0.4 is 5.32 Å².